The molecule has 0 radical (unpaired) electrons. The summed E-state index contributed by atoms with van der Waals surface area (Å²) in [5.74, 6) is 0.164. The third-order valence-corrected chi connectivity index (χ3v) is 3.76. The number of ether oxygens (including phenoxy) is 3. The van der Waals surface area contributed by atoms with Crippen LogP contribution >= 0.6 is 0 Å². The maximum atomic E-state index is 12.3. The van der Waals surface area contributed by atoms with Gasteiger partial charge in [0.25, 0.3) is 0 Å². The predicted octanol–water partition coefficient (Wildman–Crippen LogP) is 0.0189. The minimum absolute atomic E-state index is 0.164. The molecule has 0 aliphatic carbocycles. The van der Waals surface area contributed by atoms with Gasteiger partial charge in [-0.15, -0.1) is 0 Å². The predicted molar refractivity (Wildman–Crippen MR) is 74.7 cm³/mol. The summed E-state index contributed by atoms with van der Waals surface area (Å²) in [4.78, 5) is 14.2. The molecule has 2 saturated heterocycles. The lowest BCUT2D eigenvalue weighted by atomic mass is 10.1. The lowest BCUT2D eigenvalue weighted by Gasteiger charge is -2.35. The Kier molecular flexibility index (Phi) is 6.72. The number of rotatable bonds is 6. The number of carbonyl (C=O) groups excluding carboxylic acids is 1. The minimum atomic E-state index is -0.167. The van der Waals surface area contributed by atoms with Crippen molar-refractivity contribution in [3.63, 3.8) is 0 Å². The molecular formula is C14H26N2O4. The molecule has 2 fully saturated rings. The molecule has 1 N–H and O–H groups in total. The molecule has 0 spiro atoms. The van der Waals surface area contributed by atoms with Gasteiger partial charge in [0.2, 0.25) is 5.91 Å². The van der Waals surface area contributed by atoms with Gasteiger partial charge in [0.05, 0.1) is 32.5 Å². The average Bonchev–Trinajstić information content (AvgIpc) is 2.52. The maximum absolute atomic E-state index is 12.3. The number of piperidine rings is 1. The zero-order valence-electron chi connectivity index (χ0n) is 12.3. The van der Waals surface area contributed by atoms with Gasteiger partial charge in [0, 0.05) is 26.2 Å². The van der Waals surface area contributed by atoms with Gasteiger partial charge in [0.15, 0.2) is 0 Å². The van der Waals surface area contributed by atoms with Crippen LogP contribution in [0.4, 0.5) is 0 Å². The fraction of sp³-hybridized carbons (Fsp3) is 0.929. The number of nitrogens with zero attached hydrogens (tertiary/aromatic N) is 1. The van der Waals surface area contributed by atoms with Crippen LogP contribution in [0.3, 0.4) is 0 Å². The van der Waals surface area contributed by atoms with Crippen molar-refractivity contribution < 1.29 is 19.0 Å². The van der Waals surface area contributed by atoms with E-state index in [-0.39, 0.29) is 18.1 Å². The van der Waals surface area contributed by atoms with E-state index in [1.165, 1.54) is 0 Å². The molecule has 0 aromatic rings. The summed E-state index contributed by atoms with van der Waals surface area (Å²) in [6.45, 7) is 7.49. The van der Waals surface area contributed by atoms with Crippen molar-refractivity contribution in [2.75, 3.05) is 52.7 Å². The quantitative estimate of drug-likeness (QED) is 0.698. The van der Waals surface area contributed by atoms with Crippen molar-refractivity contribution in [3.05, 3.63) is 0 Å². The lowest BCUT2D eigenvalue weighted by molar-refractivity contribution is -0.139. The van der Waals surface area contributed by atoms with Crippen molar-refractivity contribution in [1.82, 2.24) is 10.2 Å². The number of hydrogen-bond donors (Lipinski definition) is 1. The van der Waals surface area contributed by atoms with Crippen LogP contribution in [0.1, 0.15) is 19.8 Å². The first-order chi connectivity index (χ1) is 9.81. The van der Waals surface area contributed by atoms with Crippen LogP contribution in [0.15, 0.2) is 0 Å². The zero-order chi connectivity index (χ0) is 14.2. The Labute approximate surface area is 120 Å². The normalized spacial score (nSPS) is 24.9. The lowest BCUT2D eigenvalue weighted by Crippen LogP contribution is -2.54. The first-order valence-corrected chi connectivity index (χ1v) is 7.60. The van der Waals surface area contributed by atoms with Crippen LogP contribution in [0.25, 0.3) is 0 Å². The molecule has 1 atom stereocenters. The van der Waals surface area contributed by atoms with Gasteiger partial charge in [0.1, 0.15) is 6.04 Å². The Morgan fingerprint density at radius 1 is 1.35 bits per heavy atom. The molecular weight excluding hydrogens is 260 g/mol. The number of hydrogen-bond acceptors (Lipinski definition) is 5. The van der Waals surface area contributed by atoms with E-state index >= 15 is 0 Å². The summed E-state index contributed by atoms with van der Waals surface area (Å²) in [6, 6.07) is -0.167. The summed E-state index contributed by atoms with van der Waals surface area (Å²) in [5.41, 5.74) is 0. The first kappa shape index (κ1) is 15.7. The van der Waals surface area contributed by atoms with Crippen molar-refractivity contribution in [2.24, 2.45) is 0 Å². The Hall–Kier alpha value is -0.690. The van der Waals surface area contributed by atoms with E-state index in [9.17, 15) is 4.79 Å². The third kappa shape index (κ3) is 4.70. The van der Waals surface area contributed by atoms with E-state index in [1.807, 2.05) is 11.8 Å². The highest BCUT2D eigenvalue weighted by molar-refractivity contribution is 5.82. The van der Waals surface area contributed by atoms with E-state index in [0.717, 1.165) is 39.1 Å². The highest BCUT2D eigenvalue weighted by atomic mass is 16.5. The number of amides is 1. The molecule has 116 valence electrons. The molecule has 1 unspecified atom stereocenters. The molecule has 6 nitrogen and oxygen atoms in total. The van der Waals surface area contributed by atoms with Crippen LogP contribution in [0, 0.1) is 0 Å². The Morgan fingerprint density at radius 2 is 2.15 bits per heavy atom. The molecule has 2 aliphatic heterocycles. The molecule has 2 aliphatic rings. The van der Waals surface area contributed by atoms with Crippen molar-refractivity contribution in [3.8, 4) is 0 Å². The minimum Gasteiger partial charge on any atom is -0.379 e. The maximum Gasteiger partial charge on any atom is 0.242 e. The van der Waals surface area contributed by atoms with Gasteiger partial charge in [-0.05, 0) is 19.8 Å². The largest absolute Gasteiger partial charge is 0.379 e. The fourth-order valence-electron chi connectivity index (χ4n) is 2.61. The fourth-order valence-corrected chi connectivity index (χ4v) is 2.61. The van der Waals surface area contributed by atoms with Crippen molar-refractivity contribution >= 4 is 5.91 Å². The molecule has 0 aromatic carbocycles. The number of carbonyl (C=O) groups is 1. The average molecular weight is 286 g/mol. The van der Waals surface area contributed by atoms with Crippen molar-refractivity contribution in [1.29, 1.82) is 0 Å². The standard InChI is InChI=1S/C14H26N2O4/c1-2-18-9-10-20-12-3-6-16(7-4-12)14(17)13-11-19-8-5-15-13/h12-13,15H,2-11H2,1H3. The van der Waals surface area contributed by atoms with Crippen LogP contribution in [0.5, 0.6) is 0 Å². The smallest absolute Gasteiger partial charge is 0.242 e. The van der Waals surface area contributed by atoms with E-state index < -0.39 is 0 Å². The Bertz CT molecular complexity index is 287. The summed E-state index contributed by atoms with van der Waals surface area (Å²) < 4.78 is 16.3. The van der Waals surface area contributed by atoms with Gasteiger partial charge < -0.3 is 24.4 Å². The van der Waals surface area contributed by atoms with Crippen molar-refractivity contribution in [2.45, 2.75) is 31.9 Å². The van der Waals surface area contributed by atoms with E-state index in [0.29, 0.717) is 26.4 Å². The van der Waals surface area contributed by atoms with Gasteiger partial charge in [-0.2, -0.15) is 0 Å². The summed E-state index contributed by atoms with van der Waals surface area (Å²) >= 11 is 0. The van der Waals surface area contributed by atoms with Crippen LogP contribution < -0.4 is 5.32 Å². The second kappa shape index (κ2) is 8.56. The number of morpholine rings is 1. The first-order valence-electron chi connectivity index (χ1n) is 7.60. The molecule has 20 heavy (non-hydrogen) atoms. The van der Waals surface area contributed by atoms with Gasteiger partial charge in [-0.25, -0.2) is 0 Å². The molecule has 2 heterocycles. The molecule has 2 rings (SSSR count). The second-order valence-corrected chi connectivity index (χ2v) is 5.17. The van der Waals surface area contributed by atoms with E-state index in [1.54, 1.807) is 0 Å². The number of likely N-dealkylation sites (tertiary alicyclic amines) is 1. The Morgan fingerprint density at radius 3 is 2.80 bits per heavy atom. The van der Waals surface area contributed by atoms with E-state index in [2.05, 4.69) is 5.32 Å². The summed E-state index contributed by atoms with van der Waals surface area (Å²) in [6.07, 6.45) is 2.08. The zero-order valence-corrected chi connectivity index (χ0v) is 12.3. The highest BCUT2D eigenvalue weighted by Crippen LogP contribution is 2.15. The topological polar surface area (TPSA) is 60.0 Å². The molecule has 0 saturated carbocycles. The van der Waals surface area contributed by atoms with Gasteiger partial charge in [-0.3, -0.25) is 4.79 Å². The Balaban J connectivity index is 1.64. The van der Waals surface area contributed by atoms with Crippen LogP contribution in [0.2, 0.25) is 0 Å². The number of nitrogens with one attached hydrogen (secondary N) is 1. The molecule has 1 amide bonds. The third-order valence-electron chi connectivity index (χ3n) is 3.76. The monoisotopic (exact) mass is 286 g/mol. The summed E-state index contributed by atoms with van der Waals surface area (Å²) in [7, 11) is 0. The van der Waals surface area contributed by atoms with Crippen LogP contribution in [-0.4, -0.2) is 75.6 Å². The van der Waals surface area contributed by atoms with E-state index in [4.69, 9.17) is 14.2 Å². The highest BCUT2D eigenvalue weighted by Gasteiger charge is 2.29. The van der Waals surface area contributed by atoms with Gasteiger partial charge >= 0.3 is 0 Å². The van der Waals surface area contributed by atoms with Crippen LogP contribution in [-0.2, 0) is 19.0 Å². The van der Waals surface area contributed by atoms with Gasteiger partial charge in [-0.1, -0.05) is 0 Å². The summed E-state index contributed by atoms with van der Waals surface area (Å²) in [5, 5.41) is 3.21. The molecule has 0 bridgehead atoms. The SMILES string of the molecule is CCOCCOC1CCN(C(=O)C2COCCN2)CC1. The molecule has 0 aromatic heterocycles. The molecule has 6 heteroatoms. The second-order valence-electron chi connectivity index (χ2n) is 5.17.